The predicted octanol–water partition coefficient (Wildman–Crippen LogP) is 3.75. The van der Waals surface area contributed by atoms with Gasteiger partial charge in [-0.2, -0.15) is 11.8 Å². The van der Waals surface area contributed by atoms with E-state index in [1.54, 1.807) is 7.11 Å². The molecular formula is C16H27NOS. The highest BCUT2D eigenvalue weighted by Gasteiger charge is 2.10. The number of hydrogen-bond donors (Lipinski definition) is 1. The minimum Gasteiger partial charge on any atom is -0.497 e. The van der Waals surface area contributed by atoms with Crippen LogP contribution >= 0.6 is 11.8 Å². The zero-order valence-electron chi connectivity index (χ0n) is 12.6. The Hall–Kier alpha value is -0.670. The fraction of sp³-hybridized carbons (Fsp3) is 0.625. The highest BCUT2D eigenvalue weighted by molar-refractivity contribution is 7.99. The van der Waals surface area contributed by atoms with Crippen LogP contribution in [0, 0.1) is 0 Å². The fourth-order valence-electron chi connectivity index (χ4n) is 1.93. The number of hydrogen-bond acceptors (Lipinski definition) is 3. The quantitative estimate of drug-likeness (QED) is 0.745. The summed E-state index contributed by atoms with van der Waals surface area (Å²) in [5.74, 6) is 2.11. The summed E-state index contributed by atoms with van der Waals surface area (Å²) in [7, 11) is 1.72. The van der Waals surface area contributed by atoms with Crippen LogP contribution in [0.5, 0.6) is 5.75 Å². The van der Waals surface area contributed by atoms with Crippen LogP contribution in [0.15, 0.2) is 24.3 Å². The van der Waals surface area contributed by atoms with Gasteiger partial charge in [-0.05, 0) is 42.3 Å². The van der Waals surface area contributed by atoms with Gasteiger partial charge in [0.1, 0.15) is 5.75 Å². The Morgan fingerprint density at radius 2 is 2.11 bits per heavy atom. The molecule has 1 rings (SSSR count). The zero-order chi connectivity index (χ0) is 14.1. The summed E-state index contributed by atoms with van der Waals surface area (Å²) in [5, 5.41) is 4.34. The number of ether oxygens (including phenoxy) is 1. The summed E-state index contributed by atoms with van der Waals surface area (Å²) < 4.78 is 5.29. The summed E-state index contributed by atoms with van der Waals surface area (Å²) >= 11 is 2.03. The molecule has 0 aliphatic rings. The fourth-order valence-corrected chi connectivity index (χ4v) is 2.78. The van der Waals surface area contributed by atoms with Crippen LogP contribution in [0.4, 0.5) is 0 Å². The van der Waals surface area contributed by atoms with E-state index >= 15 is 0 Å². The summed E-state index contributed by atoms with van der Waals surface area (Å²) in [6.45, 7) is 7.82. The Morgan fingerprint density at radius 3 is 2.74 bits per heavy atom. The first-order valence-corrected chi connectivity index (χ1v) is 8.18. The molecular weight excluding hydrogens is 254 g/mol. The average molecular weight is 281 g/mol. The molecule has 0 aromatic heterocycles. The zero-order valence-corrected chi connectivity index (χ0v) is 13.4. The van der Waals surface area contributed by atoms with Gasteiger partial charge in [-0.15, -0.1) is 0 Å². The Bertz CT molecular complexity index is 354. The molecule has 1 unspecified atom stereocenters. The topological polar surface area (TPSA) is 21.3 Å². The molecule has 0 saturated carbocycles. The highest BCUT2D eigenvalue weighted by atomic mass is 32.2. The van der Waals surface area contributed by atoms with Crippen molar-refractivity contribution in [3.8, 4) is 5.75 Å². The van der Waals surface area contributed by atoms with Crippen LogP contribution in [-0.2, 0) is 6.42 Å². The molecule has 0 saturated heterocycles. The van der Waals surface area contributed by atoms with Crippen LogP contribution in [-0.4, -0.2) is 30.7 Å². The molecule has 2 nitrogen and oxygen atoms in total. The number of thioether (sulfide) groups is 1. The standard InChI is InChI=1S/C16H27NOS/c1-5-9-17-15(12-19-13(2)3)10-14-7-6-8-16(11-14)18-4/h6-8,11,13,15,17H,5,9-10,12H2,1-4H3. The molecule has 0 fully saturated rings. The first kappa shape index (κ1) is 16.4. The molecule has 0 aliphatic carbocycles. The SMILES string of the molecule is CCCNC(CSC(C)C)Cc1cccc(OC)c1. The van der Waals surface area contributed by atoms with Crippen molar-refractivity contribution in [2.75, 3.05) is 19.4 Å². The number of benzene rings is 1. The van der Waals surface area contributed by atoms with Gasteiger partial charge in [-0.3, -0.25) is 0 Å². The second kappa shape index (κ2) is 9.27. The lowest BCUT2D eigenvalue weighted by molar-refractivity contribution is 0.414. The predicted molar refractivity (Wildman–Crippen MR) is 86.4 cm³/mol. The van der Waals surface area contributed by atoms with E-state index in [1.165, 1.54) is 12.0 Å². The van der Waals surface area contributed by atoms with Crippen molar-refractivity contribution in [1.82, 2.24) is 5.32 Å². The Labute approximate surface area is 122 Å². The molecule has 0 heterocycles. The van der Waals surface area contributed by atoms with Crippen LogP contribution in [0.2, 0.25) is 0 Å². The second-order valence-electron chi connectivity index (χ2n) is 5.09. The lowest BCUT2D eigenvalue weighted by atomic mass is 10.1. The third kappa shape index (κ3) is 6.88. The van der Waals surface area contributed by atoms with Gasteiger partial charge in [-0.25, -0.2) is 0 Å². The van der Waals surface area contributed by atoms with E-state index < -0.39 is 0 Å². The molecule has 1 atom stereocenters. The number of methoxy groups -OCH3 is 1. The van der Waals surface area contributed by atoms with Crippen LogP contribution in [0.1, 0.15) is 32.8 Å². The highest BCUT2D eigenvalue weighted by Crippen LogP contribution is 2.17. The van der Waals surface area contributed by atoms with Crippen molar-refractivity contribution < 1.29 is 4.74 Å². The van der Waals surface area contributed by atoms with Gasteiger partial charge in [0.05, 0.1) is 7.11 Å². The molecule has 0 spiro atoms. The first-order valence-electron chi connectivity index (χ1n) is 7.13. The second-order valence-corrected chi connectivity index (χ2v) is 6.70. The van der Waals surface area contributed by atoms with Crippen LogP contribution in [0.3, 0.4) is 0 Å². The van der Waals surface area contributed by atoms with Gasteiger partial charge in [0.2, 0.25) is 0 Å². The van der Waals surface area contributed by atoms with Crippen molar-refractivity contribution in [2.24, 2.45) is 0 Å². The third-order valence-electron chi connectivity index (χ3n) is 2.93. The smallest absolute Gasteiger partial charge is 0.119 e. The lowest BCUT2D eigenvalue weighted by Crippen LogP contribution is -2.34. The summed E-state index contributed by atoms with van der Waals surface area (Å²) in [5.41, 5.74) is 1.34. The first-order chi connectivity index (χ1) is 9.15. The van der Waals surface area contributed by atoms with Crippen molar-refractivity contribution in [3.05, 3.63) is 29.8 Å². The maximum Gasteiger partial charge on any atom is 0.119 e. The van der Waals surface area contributed by atoms with Gasteiger partial charge in [0.15, 0.2) is 0 Å². The maximum atomic E-state index is 5.29. The third-order valence-corrected chi connectivity index (χ3v) is 4.19. The lowest BCUT2D eigenvalue weighted by Gasteiger charge is -2.19. The van der Waals surface area contributed by atoms with Gasteiger partial charge in [0.25, 0.3) is 0 Å². The van der Waals surface area contributed by atoms with Gasteiger partial charge in [-0.1, -0.05) is 32.9 Å². The van der Waals surface area contributed by atoms with Crippen LogP contribution < -0.4 is 10.1 Å². The van der Waals surface area contributed by atoms with E-state index in [0.717, 1.165) is 24.5 Å². The Balaban J connectivity index is 2.58. The van der Waals surface area contributed by atoms with Gasteiger partial charge in [0, 0.05) is 11.8 Å². The maximum absolute atomic E-state index is 5.29. The molecule has 3 heteroatoms. The van der Waals surface area contributed by atoms with E-state index in [2.05, 4.69) is 44.3 Å². The molecule has 1 aromatic rings. The molecule has 0 radical (unpaired) electrons. The van der Waals surface area contributed by atoms with E-state index in [9.17, 15) is 0 Å². The Kier molecular flexibility index (Phi) is 7.99. The molecule has 19 heavy (non-hydrogen) atoms. The molecule has 0 bridgehead atoms. The number of rotatable bonds is 9. The Morgan fingerprint density at radius 1 is 1.32 bits per heavy atom. The normalized spacial score (nSPS) is 12.7. The summed E-state index contributed by atoms with van der Waals surface area (Å²) in [6, 6.07) is 8.94. The van der Waals surface area contributed by atoms with Crippen LogP contribution in [0.25, 0.3) is 0 Å². The van der Waals surface area contributed by atoms with Gasteiger partial charge < -0.3 is 10.1 Å². The largest absolute Gasteiger partial charge is 0.497 e. The van der Waals surface area contributed by atoms with E-state index in [-0.39, 0.29) is 0 Å². The van der Waals surface area contributed by atoms with Crippen molar-refractivity contribution in [1.29, 1.82) is 0 Å². The molecule has 1 N–H and O–H groups in total. The molecule has 0 aliphatic heterocycles. The summed E-state index contributed by atoms with van der Waals surface area (Å²) in [4.78, 5) is 0. The van der Waals surface area contributed by atoms with E-state index in [1.807, 2.05) is 17.8 Å². The minimum absolute atomic E-state index is 0.541. The molecule has 1 aromatic carbocycles. The van der Waals surface area contributed by atoms with E-state index in [4.69, 9.17) is 4.74 Å². The number of nitrogens with one attached hydrogen (secondary N) is 1. The summed E-state index contributed by atoms with van der Waals surface area (Å²) in [6.07, 6.45) is 2.25. The van der Waals surface area contributed by atoms with E-state index in [0.29, 0.717) is 11.3 Å². The monoisotopic (exact) mass is 281 g/mol. The minimum atomic E-state index is 0.541. The van der Waals surface area contributed by atoms with Crippen molar-refractivity contribution >= 4 is 11.8 Å². The molecule has 108 valence electrons. The van der Waals surface area contributed by atoms with Gasteiger partial charge >= 0.3 is 0 Å². The van der Waals surface area contributed by atoms with Crippen molar-refractivity contribution in [3.63, 3.8) is 0 Å². The van der Waals surface area contributed by atoms with Crippen molar-refractivity contribution in [2.45, 2.75) is 44.9 Å². The molecule has 0 amide bonds. The average Bonchev–Trinajstić information content (AvgIpc) is 2.42.